The number of aromatic nitrogens is 3. The average molecular weight is 250 g/mol. The van der Waals surface area contributed by atoms with E-state index in [9.17, 15) is 0 Å². The van der Waals surface area contributed by atoms with Crippen molar-refractivity contribution in [2.24, 2.45) is 4.99 Å². The number of pyridine rings is 1. The molecular formula is C15H14N4. The lowest BCUT2D eigenvalue weighted by molar-refractivity contribution is 1.08. The van der Waals surface area contributed by atoms with Gasteiger partial charge in [0, 0.05) is 11.9 Å². The van der Waals surface area contributed by atoms with E-state index in [-0.39, 0.29) is 0 Å². The standard InChI is InChI=1S/C15H14N4/c1-10-8-11(2)17-15-13(10)14(18-19-15)16-9-12-6-4-3-5-7-12/h3-9H,1-2H3,(H,17,18,19). The maximum atomic E-state index is 4.45. The highest BCUT2D eigenvalue weighted by molar-refractivity contribution is 5.92. The van der Waals surface area contributed by atoms with E-state index < -0.39 is 0 Å². The predicted molar refractivity (Wildman–Crippen MR) is 77.1 cm³/mol. The van der Waals surface area contributed by atoms with Crippen LogP contribution in [0.25, 0.3) is 11.0 Å². The molecule has 3 aromatic rings. The van der Waals surface area contributed by atoms with Gasteiger partial charge >= 0.3 is 0 Å². The largest absolute Gasteiger partial charge is 0.259 e. The molecular weight excluding hydrogens is 236 g/mol. The lowest BCUT2D eigenvalue weighted by Crippen LogP contribution is -1.85. The van der Waals surface area contributed by atoms with Crippen molar-refractivity contribution in [1.29, 1.82) is 0 Å². The van der Waals surface area contributed by atoms with Crippen LogP contribution >= 0.6 is 0 Å². The molecule has 0 saturated heterocycles. The Labute approximate surface area is 111 Å². The topological polar surface area (TPSA) is 53.9 Å². The Morgan fingerprint density at radius 3 is 2.74 bits per heavy atom. The van der Waals surface area contributed by atoms with E-state index in [0.717, 1.165) is 27.9 Å². The van der Waals surface area contributed by atoms with Crippen LogP contribution in [0.5, 0.6) is 0 Å². The van der Waals surface area contributed by atoms with Gasteiger partial charge in [0.1, 0.15) is 0 Å². The summed E-state index contributed by atoms with van der Waals surface area (Å²) >= 11 is 0. The van der Waals surface area contributed by atoms with E-state index >= 15 is 0 Å². The van der Waals surface area contributed by atoms with E-state index in [1.54, 1.807) is 0 Å². The second-order valence-electron chi connectivity index (χ2n) is 4.52. The number of nitrogens with one attached hydrogen (secondary N) is 1. The van der Waals surface area contributed by atoms with Crippen LogP contribution in [0.15, 0.2) is 41.4 Å². The van der Waals surface area contributed by atoms with Crippen molar-refractivity contribution < 1.29 is 0 Å². The van der Waals surface area contributed by atoms with Gasteiger partial charge in [-0.3, -0.25) is 5.10 Å². The van der Waals surface area contributed by atoms with Crippen LogP contribution in [-0.4, -0.2) is 21.4 Å². The fraction of sp³-hybridized carbons (Fsp3) is 0.133. The second kappa shape index (κ2) is 4.65. The summed E-state index contributed by atoms with van der Waals surface area (Å²) in [4.78, 5) is 8.87. The van der Waals surface area contributed by atoms with Crippen molar-refractivity contribution in [2.45, 2.75) is 13.8 Å². The number of aromatic amines is 1. The zero-order chi connectivity index (χ0) is 13.2. The summed E-state index contributed by atoms with van der Waals surface area (Å²) < 4.78 is 0. The number of aryl methyl sites for hydroxylation is 2. The molecule has 0 aliphatic carbocycles. The van der Waals surface area contributed by atoms with Crippen molar-refractivity contribution in [2.75, 3.05) is 0 Å². The lowest BCUT2D eigenvalue weighted by Gasteiger charge is -1.98. The van der Waals surface area contributed by atoms with E-state index in [0.29, 0.717) is 5.82 Å². The molecule has 4 nitrogen and oxygen atoms in total. The van der Waals surface area contributed by atoms with Gasteiger partial charge < -0.3 is 0 Å². The molecule has 0 fully saturated rings. The summed E-state index contributed by atoms with van der Waals surface area (Å²) in [5.41, 5.74) is 3.96. The first kappa shape index (κ1) is 11.6. The SMILES string of the molecule is Cc1cc(C)c2c(N=Cc3ccccc3)n[nH]c2n1. The smallest absolute Gasteiger partial charge is 0.183 e. The molecule has 1 aromatic carbocycles. The van der Waals surface area contributed by atoms with Gasteiger partial charge in [-0.2, -0.15) is 5.10 Å². The van der Waals surface area contributed by atoms with Crippen LogP contribution in [0.1, 0.15) is 16.8 Å². The van der Waals surface area contributed by atoms with Gasteiger partial charge in [-0.05, 0) is 31.0 Å². The number of fused-ring (bicyclic) bond motifs is 1. The highest BCUT2D eigenvalue weighted by Crippen LogP contribution is 2.25. The number of aliphatic imine (C=N–C) groups is 1. The summed E-state index contributed by atoms with van der Waals surface area (Å²) in [5, 5.41) is 8.14. The molecule has 0 radical (unpaired) electrons. The Balaban J connectivity index is 2.05. The molecule has 0 bridgehead atoms. The van der Waals surface area contributed by atoms with Gasteiger partial charge in [-0.25, -0.2) is 9.98 Å². The molecule has 0 atom stereocenters. The first-order chi connectivity index (χ1) is 9.24. The normalized spacial score (nSPS) is 11.5. The van der Waals surface area contributed by atoms with E-state index in [2.05, 4.69) is 20.2 Å². The molecule has 2 heterocycles. The molecule has 0 unspecified atom stereocenters. The van der Waals surface area contributed by atoms with Gasteiger partial charge in [-0.15, -0.1) is 0 Å². The molecule has 3 rings (SSSR count). The molecule has 0 saturated carbocycles. The molecule has 4 heteroatoms. The first-order valence-electron chi connectivity index (χ1n) is 6.15. The Morgan fingerprint density at radius 1 is 1.16 bits per heavy atom. The molecule has 0 spiro atoms. The van der Waals surface area contributed by atoms with Gasteiger partial charge in [0.2, 0.25) is 0 Å². The summed E-state index contributed by atoms with van der Waals surface area (Å²) in [6.45, 7) is 4.02. The monoisotopic (exact) mass is 250 g/mol. The molecule has 19 heavy (non-hydrogen) atoms. The number of benzene rings is 1. The minimum atomic E-state index is 0.684. The number of H-pyrrole nitrogens is 1. The van der Waals surface area contributed by atoms with Gasteiger partial charge in [0.05, 0.1) is 5.39 Å². The Morgan fingerprint density at radius 2 is 1.95 bits per heavy atom. The first-order valence-corrected chi connectivity index (χ1v) is 6.15. The van der Waals surface area contributed by atoms with Crippen LogP contribution in [0.2, 0.25) is 0 Å². The van der Waals surface area contributed by atoms with E-state index in [1.165, 1.54) is 0 Å². The maximum Gasteiger partial charge on any atom is 0.183 e. The highest BCUT2D eigenvalue weighted by Gasteiger charge is 2.08. The number of hydrogen-bond acceptors (Lipinski definition) is 3. The minimum Gasteiger partial charge on any atom is -0.259 e. The van der Waals surface area contributed by atoms with Crippen molar-refractivity contribution >= 4 is 23.1 Å². The third-order valence-electron chi connectivity index (χ3n) is 2.97. The Hall–Kier alpha value is -2.49. The molecule has 0 aliphatic heterocycles. The molecule has 0 aliphatic rings. The summed E-state index contributed by atoms with van der Waals surface area (Å²) in [5.74, 6) is 0.684. The zero-order valence-electron chi connectivity index (χ0n) is 10.9. The summed E-state index contributed by atoms with van der Waals surface area (Å²) in [7, 11) is 0. The average Bonchev–Trinajstić information content (AvgIpc) is 2.81. The van der Waals surface area contributed by atoms with Crippen molar-refractivity contribution in [3.63, 3.8) is 0 Å². The second-order valence-corrected chi connectivity index (χ2v) is 4.52. The molecule has 0 amide bonds. The quantitative estimate of drug-likeness (QED) is 0.709. The number of nitrogens with zero attached hydrogens (tertiary/aromatic N) is 3. The molecule has 1 N–H and O–H groups in total. The van der Waals surface area contributed by atoms with Gasteiger partial charge in [-0.1, -0.05) is 30.3 Å². The van der Waals surface area contributed by atoms with Gasteiger partial charge in [0.15, 0.2) is 11.5 Å². The Bertz CT molecular complexity index is 741. The maximum absolute atomic E-state index is 4.45. The third kappa shape index (κ3) is 2.25. The fourth-order valence-corrected chi connectivity index (χ4v) is 2.13. The predicted octanol–water partition coefficient (Wildman–Crippen LogP) is 3.33. The van der Waals surface area contributed by atoms with Crippen LogP contribution in [0, 0.1) is 13.8 Å². The lowest BCUT2D eigenvalue weighted by atomic mass is 10.2. The number of rotatable bonds is 2. The number of hydrogen-bond donors (Lipinski definition) is 1. The van der Waals surface area contributed by atoms with Crippen LogP contribution in [0.3, 0.4) is 0 Å². The van der Waals surface area contributed by atoms with E-state index in [4.69, 9.17) is 0 Å². The zero-order valence-corrected chi connectivity index (χ0v) is 10.9. The highest BCUT2D eigenvalue weighted by atomic mass is 15.2. The van der Waals surface area contributed by atoms with Crippen LogP contribution in [0.4, 0.5) is 5.82 Å². The molecule has 2 aromatic heterocycles. The van der Waals surface area contributed by atoms with Crippen LogP contribution < -0.4 is 0 Å². The van der Waals surface area contributed by atoms with Crippen molar-refractivity contribution in [3.8, 4) is 0 Å². The summed E-state index contributed by atoms with van der Waals surface area (Å²) in [6.07, 6.45) is 1.81. The molecule has 94 valence electrons. The van der Waals surface area contributed by atoms with E-state index in [1.807, 2.05) is 56.5 Å². The third-order valence-corrected chi connectivity index (χ3v) is 2.97. The van der Waals surface area contributed by atoms with Gasteiger partial charge in [0.25, 0.3) is 0 Å². The summed E-state index contributed by atoms with van der Waals surface area (Å²) in [6, 6.07) is 12.0. The van der Waals surface area contributed by atoms with Crippen molar-refractivity contribution in [3.05, 3.63) is 53.2 Å². The Kier molecular flexibility index (Phi) is 2.83. The van der Waals surface area contributed by atoms with Crippen LogP contribution in [-0.2, 0) is 0 Å². The fourth-order valence-electron chi connectivity index (χ4n) is 2.13. The minimum absolute atomic E-state index is 0.684. The van der Waals surface area contributed by atoms with Crippen molar-refractivity contribution in [1.82, 2.24) is 15.2 Å².